The molecule has 1 saturated heterocycles. The number of rotatable bonds is 4. The molecule has 1 fully saturated rings. The maximum absolute atomic E-state index is 13.0. The number of carbonyl (C=O) groups is 1. The summed E-state index contributed by atoms with van der Waals surface area (Å²) >= 11 is 0. The first-order valence-corrected chi connectivity index (χ1v) is 9.48. The lowest BCUT2D eigenvalue weighted by Crippen LogP contribution is -2.42. The van der Waals surface area contributed by atoms with Crippen LogP contribution >= 0.6 is 0 Å². The van der Waals surface area contributed by atoms with Gasteiger partial charge in [0, 0.05) is 12.5 Å². The summed E-state index contributed by atoms with van der Waals surface area (Å²) in [5.74, 6) is 1.47. The number of benzene rings is 2. The van der Waals surface area contributed by atoms with E-state index in [-0.39, 0.29) is 17.9 Å². The van der Waals surface area contributed by atoms with E-state index in [0.29, 0.717) is 31.2 Å². The first-order chi connectivity index (χ1) is 13.6. The Hall–Kier alpha value is -2.86. The van der Waals surface area contributed by atoms with Crippen LogP contribution in [0.3, 0.4) is 0 Å². The molecule has 1 amide bonds. The fourth-order valence-corrected chi connectivity index (χ4v) is 3.58. The van der Waals surface area contributed by atoms with Gasteiger partial charge in [0.1, 0.15) is 17.6 Å². The van der Waals surface area contributed by atoms with Crippen molar-refractivity contribution in [3.63, 3.8) is 0 Å². The third-order valence-electron chi connectivity index (χ3n) is 5.12. The summed E-state index contributed by atoms with van der Waals surface area (Å²) in [5.41, 5.74) is 1.46. The van der Waals surface area contributed by atoms with Crippen LogP contribution in [0, 0.1) is 0 Å². The second-order valence-corrected chi connectivity index (χ2v) is 7.30. The van der Waals surface area contributed by atoms with Gasteiger partial charge >= 0.3 is 0 Å². The molecule has 3 aromatic rings. The van der Waals surface area contributed by atoms with E-state index in [9.17, 15) is 4.79 Å². The number of morpholine rings is 1. The lowest BCUT2D eigenvalue weighted by Gasteiger charge is -2.33. The van der Waals surface area contributed by atoms with Gasteiger partial charge in [-0.2, -0.15) is 0 Å². The fraction of sp³-hybridized carbons (Fsp3) is 0.364. The predicted molar refractivity (Wildman–Crippen MR) is 106 cm³/mol. The molecular formula is C22H24N2O4. The molecular weight excluding hydrogens is 356 g/mol. The summed E-state index contributed by atoms with van der Waals surface area (Å²) < 4.78 is 16.7. The Balaban J connectivity index is 1.56. The van der Waals surface area contributed by atoms with E-state index >= 15 is 0 Å². The standard InChI is InChI=1S/C22H24N2O4/c1-14(2)21-20(23-13-28-21)22(25)24-8-9-27-19(12-24)17-5-4-16-11-18(26-3)7-6-15(16)10-17/h4-7,10-11,13-14,19H,8-9,12H2,1-3H3. The summed E-state index contributed by atoms with van der Waals surface area (Å²) in [6.07, 6.45) is 1.18. The van der Waals surface area contributed by atoms with Crippen LogP contribution in [-0.2, 0) is 4.74 Å². The Kier molecular flexibility index (Phi) is 5.05. The highest BCUT2D eigenvalue weighted by Gasteiger charge is 2.30. The van der Waals surface area contributed by atoms with Crippen LogP contribution in [-0.4, -0.2) is 42.6 Å². The molecule has 1 unspecified atom stereocenters. The maximum Gasteiger partial charge on any atom is 0.276 e. The Morgan fingerprint density at radius 2 is 2.00 bits per heavy atom. The van der Waals surface area contributed by atoms with Crippen LogP contribution in [0.2, 0.25) is 0 Å². The zero-order valence-electron chi connectivity index (χ0n) is 16.3. The third-order valence-corrected chi connectivity index (χ3v) is 5.12. The minimum absolute atomic E-state index is 0.101. The third kappa shape index (κ3) is 3.47. The van der Waals surface area contributed by atoms with Gasteiger partial charge in [0.15, 0.2) is 12.1 Å². The van der Waals surface area contributed by atoms with Crippen LogP contribution in [0.25, 0.3) is 10.8 Å². The van der Waals surface area contributed by atoms with E-state index in [0.717, 1.165) is 22.1 Å². The molecule has 4 rings (SSSR count). The molecule has 2 heterocycles. The van der Waals surface area contributed by atoms with E-state index in [2.05, 4.69) is 23.2 Å². The first-order valence-electron chi connectivity index (χ1n) is 9.48. The van der Waals surface area contributed by atoms with Gasteiger partial charge in [-0.05, 0) is 34.5 Å². The maximum atomic E-state index is 13.0. The summed E-state index contributed by atoms with van der Waals surface area (Å²) in [7, 11) is 1.66. The summed E-state index contributed by atoms with van der Waals surface area (Å²) in [6.45, 7) is 5.51. The number of nitrogens with zero attached hydrogens (tertiary/aromatic N) is 2. The zero-order chi connectivity index (χ0) is 19.7. The largest absolute Gasteiger partial charge is 0.497 e. The highest BCUT2D eigenvalue weighted by atomic mass is 16.5. The first kappa shape index (κ1) is 18.5. The number of hydrogen-bond acceptors (Lipinski definition) is 5. The molecule has 2 aromatic carbocycles. The molecule has 6 heteroatoms. The molecule has 1 atom stereocenters. The average molecular weight is 380 g/mol. The van der Waals surface area contributed by atoms with Crippen molar-refractivity contribution < 1.29 is 18.7 Å². The van der Waals surface area contributed by atoms with Gasteiger partial charge in [0.25, 0.3) is 5.91 Å². The molecule has 1 aliphatic rings. The molecule has 6 nitrogen and oxygen atoms in total. The molecule has 0 spiro atoms. The van der Waals surface area contributed by atoms with Gasteiger partial charge in [-0.3, -0.25) is 4.79 Å². The van der Waals surface area contributed by atoms with Crippen LogP contribution < -0.4 is 4.74 Å². The fourth-order valence-electron chi connectivity index (χ4n) is 3.58. The summed E-state index contributed by atoms with van der Waals surface area (Å²) in [4.78, 5) is 18.9. The van der Waals surface area contributed by atoms with Crippen molar-refractivity contribution in [3.05, 3.63) is 59.8 Å². The number of methoxy groups -OCH3 is 1. The van der Waals surface area contributed by atoms with Crippen LogP contribution in [0.15, 0.2) is 47.2 Å². The van der Waals surface area contributed by atoms with Crippen molar-refractivity contribution in [1.82, 2.24) is 9.88 Å². The number of ether oxygens (including phenoxy) is 2. The SMILES string of the molecule is COc1ccc2cc(C3CN(C(=O)c4ncoc4C(C)C)CCO3)ccc2c1. The van der Waals surface area contributed by atoms with E-state index in [1.165, 1.54) is 6.39 Å². The Labute approximate surface area is 164 Å². The summed E-state index contributed by atoms with van der Waals surface area (Å²) in [5, 5.41) is 2.22. The lowest BCUT2D eigenvalue weighted by molar-refractivity contribution is -0.0230. The van der Waals surface area contributed by atoms with E-state index < -0.39 is 0 Å². The molecule has 1 aromatic heterocycles. The smallest absolute Gasteiger partial charge is 0.276 e. The molecule has 0 N–H and O–H groups in total. The van der Waals surface area contributed by atoms with Crippen LogP contribution in [0.5, 0.6) is 5.75 Å². The molecule has 0 saturated carbocycles. The molecule has 1 aliphatic heterocycles. The normalized spacial score (nSPS) is 17.3. The Bertz CT molecular complexity index is 995. The molecule has 146 valence electrons. The van der Waals surface area contributed by atoms with E-state index in [1.807, 2.05) is 32.0 Å². The van der Waals surface area contributed by atoms with Gasteiger partial charge in [-0.25, -0.2) is 4.98 Å². The molecule has 0 bridgehead atoms. The predicted octanol–water partition coefficient (Wildman–Crippen LogP) is 4.17. The number of oxazole rings is 1. The van der Waals surface area contributed by atoms with Crippen molar-refractivity contribution in [1.29, 1.82) is 0 Å². The van der Waals surface area contributed by atoms with Gasteiger partial charge in [0.2, 0.25) is 0 Å². The Morgan fingerprint density at radius 3 is 2.79 bits per heavy atom. The number of fused-ring (bicyclic) bond motifs is 1. The number of hydrogen-bond donors (Lipinski definition) is 0. The highest BCUT2D eigenvalue weighted by Crippen LogP contribution is 2.29. The average Bonchev–Trinajstić information content (AvgIpc) is 3.23. The quantitative estimate of drug-likeness (QED) is 0.680. The minimum Gasteiger partial charge on any atom is -0.497 e. The molecule has 28 heavy (non-hydrogen) atoms. The minimum atomic E-state index is -0.168. The second-order valence-electron chi connectivity index (χ2n) is 7.30. The highest BCUT2D eigenvalue weighted by molar-refractivity contribution is 5.93. The monoisotopic (exact) mass is 380 g/mol. The van der Waals surface area contributed by atoms with E-state index in [4.69, 9.17) is 13.9 Å². The molecule has 0 radical (unpaired) electrons. The van der Waals surface area contributed by atoms with E-state index in [1.54, 1.807) is 12.0 Å². The lowest BCUT2D eigenvalue weighted by atomic mass is 10.0. The van der Waals surface area contributed by atoms with Crippen LogP contribution in [0.1, 0.15) is 47.7 Å². The number of amides is 1. The molecule has 0 aliphatic carbocycles. The van der Waals surface area contributed by atoms with Gasteiger partial charge in [-0.1, -0.05) is 32.0 Å². The van der Waals surface area contributed by atoms with Gasteiger partial charge < -0.3 is 18.8 Å². The number of carbonyl (C=O) groups excluding carboxylic acids is 1. The van der Waals surface area contributed by atoms with Crippen molar-refractivity contribution in [3.8, 4) is 5.75 Å². The Morgan fingerprint density at radius 1 is 1.21 bits per heavy atom. The zero-order valence-corrected chi connectivity index (χ0v) is 16.3. The van der Waals surface area contributed by atoms with Crippen molar-refractivity contribution >= 4 is 16.7 Å². The topological polar surface area (TPSA) is 64.8 Å². The number of aromatic nitrogens is 1. The second kappa shape index (κ2) is 7.64. The van der Waals surface area contributed by atoms with Gasteiger partial charge in [0.05, 0.1) is 20.3 Å². The van der Waals surface area contributed by atoms with Crippen molar-refractivity contribution in [2.45, 2.75) is 25.9 Å². The van der Waals surface area contributed by atoms with Crippen LogP contribution in [0.4, 0.5) is 0 Å². The van der Waals surface area contributed by atoms with Crippen molar-refractivity contribution in [2.75, 3.05) is 26.8 Å². The van der Waals surface area contributed by atoms with Gasteiger partial charge in [-0.15, -0.1) is 0 Å². The summed E-state index contributed by atoms with van der Waals surface area (Å²) in [6, 6.07) is 12.2. The van der Waals surface area contributed by atoms with Crippen molar-refractivity contribution in [2.24, 2.45) is 0 Å².